The molecule has 23 heavy (non-hydrogen) atoms. The van der Waals surface area contributed by atoms with Gasteiger partial charge in [-0.05, 0) is 24.3 Å². The van der Waals surface area contributed by atoms with Crippen LogP contribution >= 0.6 is 0 Å². The summed E-state index contributed by atoms with van der Waals surface area (Å²) in [7, 11) is 0. The van der Waals surface area contributed by atoms with Crippen LogP contribution in [0.1, 0.15) is 10.4 Å². The number of nitrogens with zero attached hydrogens (tertiary/aromatic N) is 2. The fourth-order valence-electron chi connectivity index (χ4n) is 2.33. The molecule has 0 aliphatic carbocycles. The van der Waals surface area contributed by atoms with Crippen LogP contribution in [0.2, 0.25) is 0 Å². The molecule has 1 amide bonds. The van der Waals surface area contributed by atoms with Gasteiger partial charge in [-0.3, -0.25) is 4.79 Å². The Kier molecular flexibility index (Phi) is 3.64. The summed E-state index contributed by atoms with van der Waals surface area (Å²) in [5.74, 6) is -0.773. The van der Waals surface area contributed by atoms with Crippen LogP contribution in [0, 0.1) is 0 Å². The molecule has 0 fully saturated rings. The summed E-state index contributed by atoms with van der Waals surface area (Å²) in [5, 5.41) is 0.696. The minimum Gasteiger partial charge on any atom is -0.399 e. The number of nitrogens with two attached hydrogens (primary N) is 3. The van der Waals surface area contributed by atoms with Gasteiger partial charge in [0.25, 0.3) is 5.91 Å². The molecule has 0 unspecified atom stereocenters. The molecule has 0 saturated heterocycles. The topological polar surface area (TPSA) is 120 Å². The summed E-state index contributed by atoms with van der Waals surface area (Å²) in [4.78, 5) is 20.5. The zero-order chi connectivity index (χ0) is 16.4. The van der Waals surface area contributed by atoms with E-state index >= 15 is 0 Å². The minimum absolute atomic E-state index is 0.273. The number of fused-ring (bicyclic) bond motifs is 1. The number of carbonyl (C=O) groups is 1. The summed E-state index contributed by atoms with van der Waals surface area (Å²) in [6, 6.07) is 16.3. The van der Waals surface area contributed by atoms with Gasteiger partial charge >= 0.3 is 0 Å². The SMILES string of the molecule is NC(N)=NC(=O)c1cc(-c2ccc(N)cc2)nc2ccccc12. The van der Waals surface area contributed by atoms with E-state index in [4.69, 9.17) is 17.2 Å². The highest BCUT2D eigenvalue weighted by atomic mass is 16.1. The molecule has 2 aromatic carbocycles. The van der Waals surface area contributed by atoms with Gasteiger partial charge in [0.05, 0.1) is 16.8 Å². The first-order chi connectivity index (χ1) is 11.0. The molecule has 0 aliphatic heterocycles. The van der Waals surface area contributed by atoms with Crippen LogP contribution in [0.5, 0.6) is 0 Å². The molecule has 0 bridgehead atoms. The number of benzene rings is 2. The Morgan fingerprint density at radius 3 is 2.39 bits per heavy atom. The van der Waals surface area contributed by atoms with Crippen LogP contribution in [-0.2, 0) is 0 Å². The van der Waals surface area contributed by atoms with E-state index in [0.29, 0.717) is 27.8 Å². The second kappa shape index (κ2) is 5.76. The number of guanidine groups is 1. The minimum atomic E-state index is -0.500. The number of nitrogen functional groups attached to an aromatic ring is 1. The van der Waals surface area contributed by atoms with Crippen molar-refractivity contribution in [1.29, 1.82) is 0 Å². The third-order valence-corrected chi connectivity index (χ3v) is 3.38. The molecule has 3 rings (SSSR count). The molecule has 0 spiro atoms. The number of para-hydroxylation sites is 1. The third kappa shape index (κ3) is 2.96. The van der Waals surface area contributed by atoms with Gasteiger partial charge in [0.15, 0.2) is 5.96 Å². The number of aromatic nitrogens is 1. The summed E-state index contributed by atoms with van der Waals surface area (Å²) < 4.78 is 0. The monoisotopic (exact) mass is 305 g/mol. The maximum absolute atomic E-state index is 12.3. The van der Waals surface area contributed by atoms with Crippen molar-refractivity contribution in [3.05, 3.63) is 60.2 Å². The van der Waals surface area contributed by atoms with E-state index in [1.807, 2.05) is 36.4 Å². The predicted octanol–water partition coefficient (Wildman–Crippen LogP) is 1.90. The quantitative estimate of drug-likeness (QED) is 0.379. The van der Waals surface area contributed by atoms with Crippen molar-refractivity contribution in [3.63, 3.8) is 0 Å². The average Bonchev–Trinajstić information content (AvgIpc) is 2.54. The van der Waals surface area contributed by atoms with Gasteiger partial charge in [-0.2, -0.15) is 4.99 Å². The Morgan fingerprint density at radius 1 is 1.00 bits per heavy atom. The average molecular weight is 305 g/mol. The molecule has 6 N–H and O–H groups in total. The molecule has 1 aromatic heterocycles. The van der Waals surface area contributed by atoms with Gasteiger partial charge in [-0.25, -0.2) is 4.98 Å². The Labute approximate surface area is 132 Å². The molecule has 0 aliphatic rings. The maximum Gasteiger partial charge on any atom is 0.280 e. The Morgan fingerprint density at radius 2 is 1.70 bits per heavy atom. The van der Waals surface area contributed by atoms with Crippen molar-refractivity contribution in [3.8, 4) is 11.3 Å². The molecule has 3 aromatic rings. The first kappa shape index (κ1) is 14.5. The van der Waals surface area contributed by atoms with Crippen LogP contribution in [0.15, 0.2) is 59.6 Å². The number of rotatable bonds is 2. The third-order valence-electron chi connectivity index (χ3n) is 3.38. The first-order valence-electron chi connectivity index (χ1n) is 6.94. The largest absolute Gasteiger partial charge is 0.399 e. The van der Waals surface area contributed by atoms with E-state index in [1.165, 1.54) is 0 Å². The predicted molar refractivity (Wildman–Crippen MR) is 91.7 cm³/mol. The lowest BCUT2D eigenvalue weighted by Gasteiger charge is -2.08. The summed E-state index contributed by atoms with van der Waals surface area (Å²) in [6.07, 6.45) is 0. The number of aliphatic imine (C=N–C) groups is 1. The van der Waals surface area contributed by atoms with Crippen molar-refractivity contribution in [2.45, 2.75) is 0 Å². The van der Waals surface area contributed by atoms with Crippen molar-refractivity contribution in [2.24, 2.45) is 16.5 Å². The zero-order valence-electron chi connectivity index (χ0n) is 12.2. The zero-order valence-corrected chi connectivity index (χ0v) is 12.2. The normalized spacial score (nSPS) is 10.4. The first-order valence-corrected chi connectivity index (χ1v) is 6.94. The highest BCUT2D eigenvalue weighted by Gasteiger charge is 2.13. The second-order valence-electron chi connectivity index (χ2n) is 5.04. The van der Waals surface area contributed by atoms with E-state index in [1.54, 1.807) is 18.2 Å². The Bertz CT molecular complexity index is 912. The number of amides is 1. The summed E-state index contributed by atoms with van der Waals surface area (Å²) in [5.41, 5.74) is 19.6. The molecule has 0 atom stereocenters. The highest BCUT2D eigenvalue weighted by molar-refractivity contribution is 6.10. The van der Waals surface area contributed by atoms with E-state index in [0.717, 1.165) is 5.56 Å². The maximum atomic E-state index is 12.3. The molecule has 0 radical (unpaired) electrons. The molecule has 0 saturated carbocycles. The van der Waals surface area contributed by atoms with Gasteiger partial charge in [-0.1, -0.05) is 30.3 Å². The fourth-order valence-corrected chi connectivity index (χ4v) is 2.33. The van der Waals surface area contributed by atoms with E-state index in [2.05, 4.69) is 9.98 Å². The standard InChI is InChI=1S/C17H15N5O/c18-11-7-5-10(6-8-11)15-9-13(16(23)22-17(19)20)12-3-1-2-4-14(12)21-15/h1-9H,18H2,(H4,19,20,22,23). The van der Waals surface area contributed by atoms with Gasteiger partial charge in [0.1, 0.15) is 0 Å². The van der Waals surface area contributed by atoms with Crippen molar-refractivity contribution in [2.75, 3.05) is 5.73 Å². The molecular weight excluding hydrogens is 290 g/mol. The fraction of sp³-hybridized carbons (Fsp3) is 0. The van der Waals surface area contributed by atoms with E-state index in [-0.39, 0.29) is 5.96 Å². The van der Waals surface area contributed by atoms with Crippen molar-refractivity contribution in [1.82, 2.24) is 4.98 Å². The lowest BCUT2D eigenvalue weighted by atomic mass is 10.0. The number of anilines is 1. The van der Waals surface area contributed by atoms with Gasteiger partial charge in [-0.15, -0.1) is 0 Å². The van der Waals surface area contributed by atoms with Crippen LogP contribution in [0.4, 0.5) is 5.69 Å². The molecule has 6 heteroatoms. The van der Waals surface area contributed by atoms with Crippen LogP contribution < -0.4 is 17.2 Å². The number of hydrogen-bond donors (Lipinski definition) is 3. The highest BCUT2D eigenvalue weighted by Crippen LogP contribution is 2.26. The van der Waals surface area contributed by atoms with E-state index < -0.39 is 5.91 Å². The second-order valence-corrected chi connectivity index (χ2v) is 5.04. The lowest BCUT2D eigenvalue weighted by Crippen LogP contribution is -2.24. The summed E-state index contributed by atoms with van der Waals surface area (Å²) in [6.45, 7) is 0. The van der Waals surface area contributed by atoms with Crippen LogP contribution in [0.3, 0.4) is 0 Å². The lowest BCUT2D eigenvalue weighted by molar-refractivity contribution is 0.100. The number of pyridine rings is 1. The number of hydrogen-bond acceptors (Lipinski definition) is 3. The van der Waals surface area contributed by atoms with Crippen LogP contribution in [-0.4, -0.2) is 16.9 Å². The molecular formula is C17H15N5O. The van der Waals surface area contributed by atoms with Gasteiger partial charge < -0.3 is 17.2 Å². The van der Waals surface area contributed by atoms with Crippen molar-refractivity contribution >= 4 is 28.5 Å². The number of carbonyl (C=O) groups excluding carboxylic acids is 1. The van der Waals surface area contributed by atoms with Crippen LogP contribution in [0.25, 0.3) is 22.2 Å². The van der Waals surface area contributed by atoms with Crippen molar-refractivity contribution < 1.29 is 4.79 Å². The van der Waals surface area contributed by atoms with Gasteiger partial charge in [0, 0.05) is 16.6 Å². The smallest absolute Gasteiger partial charge is 0.280 e. The summed E-state index contributed by atoms with van der Waals surface area (Å²) >= 11 is 0. The molecule has 1 heterocycles. The van der Waals surface area contributed by atoms with E-state index in [9.17, 15) is 4.79 Å². The molecule has 114 valence electrons. The van der Waals surface area contributed by atoms with Gasteiger partial charge in [0.2, 0.25) is 0 Å². The Hall–Kier alpha value is -3.41. The Balaban J connectivity index is 2.23. The molecule has 6 nitrogen and oxygen atoms in total.